The fourth-order valence-corrected chi connectivity index (χ4v) is 3.68. The van der Waals surface area contributed by atoms with Crippen LogP contribution in [0.15, 0.2) is 6.07 Å². The van der Waals surface area contributed by atoms with Gasteiger partial charge in [-0.25, -0.2) is 15.0 Å². The van der Waals surface area contributed by atoms with E-state index in [-0.39, 0.29) is 12.0 Å². The Labute approximate surface area is 139 Å². The molecule has 23 heavy (non-hydrogen) atoms. The van der Waals surface area contributed by atoms with Gasteiger partial charge in [-0.05, 0) is 33.8 Å². The second kappa shape index (κ2) is 6.33. The maximum atomic E-state index is 12.8. The predicted molar refractivity (Wildman–Crippen MR) is 87.7 cm³/mol. The minimum Gasteiger partial charge on any atom is -0.368 e. The van der Waals surface area contributed by atoms with Gasteiger partial charge in [-0.3, -0.25) is 4.79 Å². The smallest absolute Gasteiger partial charge is 0.266 e. The van der Waals surface area contributed by atoms with Gasteiger partial charge in [0.25, 0.3) is 5.91 Å². The Morgan fingerprint density at radius 1 is 1.26 bits per heavy atom. The van der Waals surface area contributed by atoms with Crippen LogP contribution in [0.4, 0.5) is 0 Å². The van der Waals surface area contributed by atoms with Crippen molar-refractivity contribution in [1.29, 1.82) is 0 Å². The largest absolute Gasteiger partial charge is 0.368 e. The molecule has 1 amide bonds. The van der Waals surface area contributed by atoms with E-state index in [1.165, 1.54) is 11.3 Å². The molecule has 0 aromatic carbocycles. The van der Waals surface area contributed by atoms with Crippen molar-refractivity contribution in [3.63, 3.8) is 0 Å². The molecule has 1 aliphatic rings. The number of ether oxygens (including phenoxy) is 1. The second-order valence-corrected chi connectivity index (χ2v) is 6.94. The number of amides is 1. The molecule has 0 aliphatic carbocycles. The summed E-state index contributed by atoms with van der Waals surface area (Å²) in [6.07, 6.45) is -0.206. The normalized spacial score (nSPS) is 18.3. The molecule has 2 aromatic heterocycles. The fraction of sp³-hybridized carbons (Fsp3) is 0.500. The number of morpholine rings is 1. The number of carbonyl (C=O) groups excluding carboxylic acids is 1. The van der Waals surface area contributed by atoms with Crippen molar-refractivity contribution in [2.75, 3.05) is 19.7 Å². The molecule has 7 heteroatoms. The number of aryl methyl sites for hydroxylation is 4. The van der Waals surface area contributed by atoms with Crippen LogP contribution < -0.4 is 0 Å². The maximum absolute atomic E-state index is 12.8. The van der Waals surface area contributed by atoms with Crippen LogP contribution in [0.3, 0.4) is 0 Å². The quantitative estimate of drug-likeness (QED) is 0.844. The highest BCUT2D eigenvalue weighted by atomic mass is 32.1. The van der Waals surface area contributed by atoms with Gasteiger partial charge in [0.1, 0.15) is 16.8 Å². The Kier molecular flexibility index (Phi) is 4.41. The molecule has 0 bridgehead atoms. The summed E-state index contributed by atoms with van der Waals surface area (Å²) in [5.41, 5.74) is 2.55. The first-order chi connectivity index (χ1) is 10.9. The molecule has 0 unspecified atom stereocenters. The van der Waals surface area contributed by atoms with Crippen molar-refractivity contribution in [3.05, 3.63) is 38.9 Å². The standard InChI is InChI=1S/C16H20N4O2S/c1-9-7-13(19-11(3)17-9)14-8-20(5-6-22-14)16(21)15-10(2)18-12(4)23-15/h7,14H,5-6,8H2,1-4H3/t14-/m0/s1. The molecule has 6 nitrogen and oxygen atoms in total. The zero-order valence-corrected chi connectivity index (χ0v) is 14.6. The first-order valence-electron chi connectivity index (χ1n) is 7.61. The van der Waals surface area contributed by atoms with Gasteiger partial charge >= 0.3 is 0 Å². The highest BCUT2D eigenvalue weighted by molar-refractivity contribution is 7.13. The van der Waals surface area contributed by atoms with Crippen molar-refractivity contribution in [2.24, 2.45) is 0 Å². The molecule has 1 aliphatic heterocycles. The molecule has 2 aromatic rings. The van der Waals surface area contributed by atoms with E-state index in [4.69, 9.17) is 4.74 Å². The highest BCUT2D eigenvalue weighted by Gasteiger charge is 2.29. The van der Waals surface area contributed by atoms with Gasteiger partial charge in [-0.15, -0.1) is 11.3 Å². The number of thiazole rings is 1. The average molecular weight is 332 g/mol. The third-order valence-corrected chi connectivity index (χ3v) is 4.83. The Morgan fingerprint density at radius 2 is 2.04 bits per heavy atom. The maximum Gasteiger partial charge on any atom is 0.266 e. The summed E-state index contributed by atoms with van der Waals surface area (Å²) >= 11 is 1.45. The van der Waals surface area contributed by atoms with Crippen LogP contribution in [0, 0.1) is 27.7 Å². The lowest BCUT2D eigenvalue weighted by Gasteiger charge is -2.32. The van der Waals surface area contributed by atoms with Crippen molar-refractivity contribution < 1.29 is 9.53 Å². The van der Waals surface area contributed by atoms with Crippen LogP contribution in [-0.2, 0) is 4.74 Å². The van der Waals surface area contributed by atoms with E-state index < -0.39 is 0 Å². The van der Waals surface area contributed by atoms with Gasteiger partial charge in [-0.2, -0.15) is 0 Å². The lowest BCUT2D eigenvalue weighted by molar-refractivity contribution is -0.0247. The van der Waals surface area contributed by atoms with Crippen LogP contribution in [-0.4, -0.2) is 45.5 Å². The third-order valence-electron chi connectivity index (χ3n) is 3.77. The van der Waals surface area contributed by atoms with Crippen LogP contribution in [0.5, 0.6) is 0 Å². The molecule has 1 atom stereocenters. The molecular formula is C16H20N4O2S. The van der Waals surface area contributed by atoms with Crippen molar-refractivity contribution in [3.8, 4) is 0 Å². The SMILES string of the molecule is Cc1cc([C@@H]2CN(C(=O)c3sc(C)nc3C)CCO2)nc(C)n1. The summed E-state index contributed by atoms with van der Waals surface area (Å²) in [6.45, 7) is 9.21. The van der Waals surface area contributed by atoms with Crippen LogP contribution in [0.1, 0.15) is 43.7 Å². The van der Waals surface area contributed by atoms with Crippen LogP contribution >= 0.6 is 11.3 Å². The first kappa shape index (κ1) is 16.0. The third kappa shape index (κ3) is 3.40. The lowest BCUT2D eigenvalue weighted by Crippen LogP contribution is -2.42. The second-order valence-electron chi connectivity index (χ2n) is 5.74. The molecule has 0 N–H and O–H groups in total. The molecule has 3 rings (SSSR count). The molecule has 0 radical (unpaired) electrons. The molecule has 1 saturated heterocycles. The number of hydrogen-bond donors (Lipinski definition) is 0. The van der Waals surface area contributed by atoms with Gasteiger partial charge in [0.2, 0.25) is 0 Å². The molecule has 0 saturated carbocycles. The molecule has 122 valence electrons. The summed E-state index contributed by atoms with van der Waals surface area (Å²) in [5.74, 6) is 0.755. The summed E-state index contributed by atoms with van der Waals surface area (Å²) in [6, 6.07) is 1.92. The summed E-state index contributed by atoms with van der Waals surface area (Å²) in [5, 5.41) is 0.915. The Hall–Kier alpha value is -1.86. The monoisotopic (exact) mass is 332 g/mol. The predicted octanol–water partition coefficient (Wildman–Crippen LogP) is 2.38. The van der Waals surface area contributed by atoms with E-state index >= 15 is 0 Å². The first-order valence-corrected chi connectivity index (χ1v) is 8.43. The summed E-state index contributed by atoms with van der Waals surface area (Å²) < 4.78 is 5.83. The van der Waals surface area contributed by atoms with Gasteiger partial charge in [0.15, 0.2) is 0 Å². The van der Waals surface area contributed by atoms with E-state index in [1.807, 2.05) is 38.7 Å². The minimum absolute atomic E-state index is 0.0314. The zero-order valence-electron chi connectivity index (χ0n) is 13.8. The molecule has 3 heterocycles. The van der Waals surface area contributed by atoms with Crippen molar-refractivity contribution in [2.45, 2.75) is 33.8 Å². The zero-order chi connectivity index (χ0) is 16.6. The summed E-state index contributed by atoms with van der Waals surface area (Å²) in [7, 11) is 0. The highest BCUT2D eigenvalue weighted by Crippen LogP contribution is 2.25. The Morgan fingerprint density at radius 3 is 2.70 bits per heavy atom. The van der Waals surface area contributed by atoms with Crippen LogP contribution in [0.25, 0.3) is 0 Å². The Balaban J connectivity index is 1.80. The number of aromatic nitrogens is 3. The molecule has 1 fully saturated rings. The average Bonchev–Trinajstić information content (AvgIpc) is 2.84. The van der Waals surface area contributed by atoms with Gasteiger partial charge in [-0.1, -0.05) is 0 Å². The van der Waals surface area contributed by atoms with E-state index in [1.54, 1.807) is 0 Å². The van der Waals surface area contributed by atoms with E-state index in [0.717, 1.165) is 32.8 Å². The van der Waals surface area contributed by atoms with Gasteiger partial charge in [0.05, 0.1) is 29.5 Å². The lowest BCUT2D eigenvalue weighted by atomic mass is 10.1. The number of rotatable bonds is 2. The van der Waals surface area contributed by atoms with Crippen molar-refractivity contribution in [1.82, 2.24) is 19.9 Å². The minimum atomic E-state index is -0.206. The van der Waals surface area contributed by atoms with Gasteiger partial charge < -0.3 is 9.64 Å². The van der Waals surface area contributed by atoms with E-state index in [9.17, 15) is 4.79 Å². The number of hydrogen-bond acceptors (Lipinski definition) is 6. The molecule has 0 spiro atoms. The van der Waals surface area contributed by atoms with Crippen LogP contribution in [0.2, 0.25) is 0 Å². The van der Waals surface area contributed by atoms with E-state index in [2.05, 4.69) is 15.0 Å². The topological polar surface area (TPSA) is 68.2 Å². The number of nitrogens with zero attached hydrogens (tertiary/aromatic N) is 4. The molecular weight excluding hydrogens is 312 g/mol. The summed E-state index contributed by atoms with van der Waals surface area (Å²) in [4.78, 5) is 28.4. The Bertz CT molecular complexity index is 723. The van der Waals surface area contributed by atoms with Crippen molar-refractivity contribution >= 4 is 17.2 Å². The number of carbonyl (C=O) groups is 1. The fourth-order valence-electron chi connectivity index (χ4n) is 2.80. The van der Waals surface area contributed by atoms with Gasteiger partial charge in [0, 0.05) is 12.2 Å². The van der Waals surface area contributed by atoms with E-state index in [0.29, 0.717) is 19.7 Å².